The molecule has 0 unspecified atom stereocenters. The predicted molar refractivity (Wildman–Crippen MR) is 69.3 cm³/mol. The Hall–Kier alpha value is -0.280. The van der Waals surface area contributed by atoms with E-state index < -0.39 is 0 Å². The zero-order valence-corrected chi connectivity index (χ0v) is 11.4. The van der Waals surface area contributed by atoms with Gasteiger partial charge in [-0.05, 0) is 47.7 Å². The lowest BCUT2D eigenvalue weighted by molar-refractivity contribution is 0.275. The number of hydrogen-bond acceptors (Lipinski definition) is 2. The summed E-state index contributed by atoms with van der Waals surface area (Å²) in [7, 11) is 0. The van der Waals surface area contributed by atoms with Crippen LogP contribution in [0.2, 0.25) is 0 Å². The monoisotopic (exact) mass is 285 g/mol. The lowest BCUT2D eigenvalue weighted by Gasteiger charge is -2.28. The molecule has 90 valence electrons. The predicted octanol–water partition coefficient (Wildman–Crippen LogP) is 4.10. The van der Waals surface area contributed by atoms with Crippen LogP contribution in [0.15, 0.2) is 21.2 Å². The van der Waals surface area contributed by atoms with Crippen molar-refractivity contribution in [1.82, 2.24) is 5.32 Å². The smallest absolute Gasteiger partial charge is 0.131 e. The van der Waals surface area contributed by atoms with E-state index in [1.165, 1.54) is 32.1 Å². The molecule has 0 aliphatic heterocycles. The van der Waals surface area contributed by atoms with Gasteiger partial charge in [0, 0.05) is 6.04 Å². The molecule has 1 aromatic heterocycles. The normalized spacial score (nSPS) is 19.9. The van der Waals surface area contributed by atoms with Crippen molar-refractivity contribution in [2.24, 2.45) is 5.92 Å². The van der Waals surface area contributed by atoms with Crippen LogP contribution < -0.4 is 5.32 Å². The summed E-state index contributed by atoms with van der Waals surface area (Å²) in [6.07, 6.45) is 8.72. The van der Waals surface area contributed by atoms with Crippen molar-refractivity contribution in [2.75, 3.05) is 0 Å². The molecule has 0 bridgehead atoms. The largest absolute Gasteiger partial charge is 0.467 e. The molecule has 1 aliphatic rings. The maximum absolute atomic E-state index is 5.39. The number of furan rings is 1. The summed E-state index contributed by atoms with van der Waals surface area (Å²) in [6.45, 7) is 3.12. The molecule has 0 radical (unpaired) electrons. The molecule has 2 nitrogen and oxygen atoms in total. The fourth-order valence-corrected chi connectivity index (χ4v) is 2.85. The molecule has 1 N–H and O–H groups in total. The van der Waals surface area contributed by atoms with Crippen molar-refractivity contribution in [3.63, 3.8) is 0 Å². The quantitative estimate of drug-likeness (QED) is 0.901. The molecule has 0 aromatic carbocycles. The molecule has 0 amide bonds. The molecule has 1 aliphatic carbocycles. The summed E-state index contributed by atoms with van der Waals surface area (Å²) >= 11 is 3.48. The Bertz CT molecular complexity index is 317. The second-order valence-corrected chi connectivity index (χ2v) is 5.61. The zero-order chi connectivity index (χ0) is 11.4. The fourth-order valence-electron chi connectivity index (χ4n) is 2.51. The molecule has 0 saturated heterocycles. The molecule has 0 spiro atoms. The highest BCUT2D eigenvalue weighted by atomic mass is 79.9. The molecular formula is C13H20BrNO. The van der Waals surface area contributed by atoms with Gasteiger partial charge in [-0.15, -0.1) is 0 Å². The maximum atomic E-state index is 5.39. The highest BCUT2D eigenvalue weighted by Crippen LogP contribution is 2.26. The first-order valence-electron chi connectivity index (χ1n) is 6.22. The summed E-state index contributed by atoms with van der Waals surface area (Å²) in [5, 5.41) is 3.57. The van der Waals surface area contributed by atoms with Crippen molar-refractivity contribution in [1.29, 1.82) is 0 Å². The van der Waals surface area contributed by atoms with Crippen molar-refractivity contribution in [3.05, 3.63) is 22.6 Å². The van der Waals surface area contributed by atoms with Gasteiger partial charge in [-0.3, -0.25) is 0 Å². The van der Waals surface area contributed by atoms with Gasteiger partial charge in [-0.1, -0.05) is 19.3 Å². The van der Waals surface area contributed by atoms with Gasteiger partial charge in [0.15, 0.2) is 0 Å². The van der Waals surface area contributed by atoms with Gasteiger partial charge in [-0.25, -0.2) is 0 Å². The first-order chi connectivity index (χ1) is 7.77. The Labute approximate surface area is 106 Å². The molecular weight excluding hydrogens is 266 g/mol. The Morgan fingerprint density at radius 1 is 1.44 bits per heavy atom. The van der Waals surface area contributed by atoms with Crippen LogP contribution in [0.5, 0.6) is 0 Å². The minimum Gasteiger partial charge on any atom is -0.467 e. The Balaban J connectivity index is 1.78. The molecule has 1 fully saturated rings. The van der Waals surface area contributed by atoms with Gasteiger partial charge in [0.1, 0.15) is 5.76 Å². The van der Waals surface area contributed by atoms with Crippen molar-refractivity contribution >= 4 is 15.9 Å². The molecule has 2 rings (SSSR count). The van der Waals surface area contributed by atoms with Crippen LogP contribution in [0.25, 0.3) is 0 Å². The van der Waals surface area contributed by atoms with E-state index in [1.807, 2.05) is 6.07 Å². The van der Waals surface area contributed by atoms with Crippen LogP contribution in [-0.2, 0) is 6.54 Å². The van der Waals surface area contributed by atoms with Gasteiger partial charge in [-0.2, -0.15) is 0 Å². The Morgan fingerprint density at radius 2 is 2.19 bits per heavy atom. The van der Waals surface area contributed by atoms with Crippen LogP contribution in [0.4, 0.5) is 0 Å². The maximum Gasteiger partial charge on any atom is 0.131 e. The number of hydrogen-bond donors (Lipinski definition) is 1. The highest BCUT2D eigenvalue weighted by molar-refractivity contribution is 9.10. The topological polar surface area (TPSA) is 25.2 Å². The van der Waals surface area contributed by atoms with Gasteiger partial charge in [0.25, 0.3) is 0 Å². The van der Waals surface area contributed by atoms with Gasteiger partial charge in [0.2, 0.25) is 0 Å². The standard InChI is InChI=1S/C13H20BrNO/c1-10(11-5-3-2-4-6-11)15-9-13-12(14)7-8-16-13/h7-8,10-11,15H,2-6,9H2,1H3/t10-/m1/s1. The van der Waals surface area contributed by atoms with Crippen molar-refractivity contribution in [2.45, 2.75) is 51.6 Å². The highest BCUT2D eigenvalue weighted by Gasteiger charge is 2.19. The number of nitrogens with one attached hydrogen (secondary N) is 1. The first-order valence-corrected chi connectivity index (χ1v) is 7.02. The summed E-state index contributed by atoms with van der Waals surface area (Å²) in [5.74, 6) is 1.85. The van der Waals surface area contributed by atoms with E-state index in [1.54, 1.807) is 6.26 Å². The molecule has 1 heterocycles. The number of rotatable bonds is 4. The summed E-state index contributed by atoms with van der Waals surface area (Å²) in [5.41, 5.74) is 0. The van der Waals surface area contributed by atoms with Crippen LogP contribution >= 0.6 is 15.9 Å². The lowest BCUT2D eigenvalue weighted by Crippen LogP contribution is -2.34. The van der Waals surface area contributed by atoms with Crippen LogP contribution in [0.3, 0.4) is 0 Å². The molecule has 16 heavy (non-hydrogen) atoms. The minimum atomic E-state index is 0.595. The van der Waals surface area contributed by atoms with E-state index >= 15 is 0 Å². The van der Waals surface area contributed by atoms with E-state index in [4.69, 9.17) is 4.42 Å². The Kier molecular flexibility index (Phi) is 4.47. The van der Waals surface area contributed by atoms with E-state index in [-0.39, 0.29) is 0 Å². The van der Waals surface area contributed by atoms with Gasteiger partial charge < -0.3 is 9.73 Å². The third kappa shape index (κ3) is 3.11. The summed E-state index contributed by atoms with van der Waals surface area (Å²) in [4.78, 5) is 0. The van der Waals surface area contributed by atoms with Crippen LogP contribution in [0.1, 0.15) is 44.8 Å². The third-order valence-corrected chi connectivity index (χ3v) is 4.34. The van der Waals surface area contributed by atoms with E-state index in [0.717, 1.165) is 22.7 Å². The van der Waals surface area contributed by atoms with Gasteiger partial charge >= 0.3 is 0 Å². The zero-order valence-electron chi connectivity index (χ0n) is 9.84. The van der Waals surface area contributed by atoms with Crippen molar-refractivity contribution in [3.8, 4) is 0 Å². The van der Waals surface area contributed by atoms with E-state index in [9.17, 15) is 0 Å². The summed E-state index contributed by atoms with van der Waals surface area (Å²) < 4.78 is 6.46. The van der Waals surface area contributed by atoms with E-state index in [0.29, 0.717) is 6.04 Å². The second kappa shape index (κ2) is 5.87. The van der Waals surface area contributed by atoms with Crippen molar-refractivity contribution < 1.29 is 4.42 Å². The fraction of sp³-hybridized carbons (Fsp3) is 0.692. The molecule has 1 atom stereocenters. The second-order valence-electron chi connectivity index (χ2n) is 4.76. The van der Waals surface area contributed by atoms with E-state index in [2.05, 4.69) is 28.2 Å². The average molecular weight is 286 g/mol. The SMILES string of the molecule is C[C@@H](NCc1occc1Br)C1CCCCC1. The average Bonchev–Trinajstić information content (AvgIpc) is 2.73. The van der Waals surface area contributed by atoms with Gasteiger partial charge in [0.05, 0.1) is 17.3 Å². The molecule has 1 saturated carbocycles. The third-order valence-electron chi connectivity index (χ3n) is 3.63. The first kappa shape index (κ1) is 12.2. The molecule has 3 heteroatoms. The lowest BCUT2D eigenvalue weighted by atomic mass is 9.84. The molecule has 1 aromatic rings. The van der Waals surface area contributed by atoms with Crippen LogP contribution in [0, 0.1) is 5.92 Å². The minimum absolute atomic E-state index is 0.595. The number of halogens is 1. The van der Waals surface area contributed by atoms with Crippen LogP contribution in [-0.4, -0.2) is 6.04 Å². The Morgan fingerprint density at radius 3 is 2.81 bits per heavy atom. The summed E-state index contributed by atoms with van der Waals surface area (Å²) in [6, 6.07) is 2.54.